The summed E-state index contributed by atoms with van der Waals surface area (Å²) in [5.74, 6) is -0.170. The third-order valence-corrected chi connectivity index (χ3v) is 9.06. The van der Waals surface area contributed by atoms with E-state index in [0.717, 1.165) is 24.1 Å². The van der Waals surface area contributed by atoms with Crippen LogP contribution in [-0.2, 0) is 29.2 Å². The third kappa shape index (κ3) is 5.66. The maximum absolute atomic E-state index is 13.4. The van der Waals surface area contributed by atoms with Gasteiger partial charge in [0.25, 0.3) is 5.91 Å². The van der Waals surface area contributed by atoms with Crippen LogP contribution < -0.4 is 15.5 Å². The fourth-order valence-corrected chi connectivity index (χ4v) is 6.55. The van der Waals surface area contributed by atoms with Crippen LogP contribution in [0.1, 0.15) is 27.9 Å². The van der Waals surface area contributed by atoms with E-state index in [-0.39, 0.29) is 48.0 Å². The summed E-state index contributed by atoms with van der Waals surface area (Å²) >= 11 is 5.81. The molecule has 15 heteroatoms. The van der Waals surface area contributed by atoms with Crippen molar-refractivity contribution in [2.75, 3.05) is 49.1 Å². The van der Waals surface area contributed by atoms with Crippen LogP contribution in [0.25, 0.3) is 0 Å². The molecule has 2 aliphatic rings. The van der Waals surface area contributed by atoms with E-state index in [0.29, 0.717) is 37.3 Å². The first-order valence-corrected chi connectivity index (χ1v) is 14.5. The van der Waals surface area contributed by atoms with Gasteiger partial charge < -0.3 is 15.5 Å². The van der Waals surface area contributed by atoms with Crippen molar-refractivity contribution in [1.82, 2.24) is 19.1 Å². The van der Waals surface area contributed by atoms with Crippen molar-refractivity contribution in [3.8, 4) is 0 Å². The summed E-state index contributed by atoms with van der Waals surface area (Å²) in [5.41, 5.74) is 6.45. The van der Waals surface area contributed by atoms with Gasteiger partial charge in [-0.1, -0.05) is 11.6 Å². The van der Waals surface area contributed by atoms with E-state index in [1.54, 1.807) is 32.8 Å². The predicted molar refractivity (Wildman–Crippen MR) is 143 cm³/mol. The first-order chi connectivity index (χ1) is 19.0. The van der Waals surface area contributed by atoms with E-state index in [4.69, 9.17) is 17.3 Å². The van der Waals surface area contributed by atoms with Crippen molar-refractivity contribution in [2.24, 2.45) is 5.73 Å². The summed E-state index contributed by atoms with van der Waals surface area (Å²) in [4.78, 5) is 20.4. The number of carbonyl (C=O) groups is 1. The molecule has 0 aliphatic carbocycles. The minimum absolute atomic E-state index is 0.0454. The minimum atomic E-state index is -4.58. The van der Waals surface area contributed by atoms with Crippen molar-refractivity contribution in [2.45, 2.75) is 30.5 Å². The predicted octanol–water partition coefficient (Wildman–Crippen LogP) is 3.01. The van der Waals surface area contributed by atoms with Crippen molar-refractivity contribution in [1.29, 1.82) is 0 Å². The standard InChI is InChI=1S/C25H27ClF3N7O3S/c26-22-13-19(25(27,28)29)14-23(32-22)33-8-10-35(11-9-33)40(38,39)20-2-3-21-17(12-20)4-7-36(21)24(37)18-15-31-34(16-18)6-1-5-30/h2-3,12-16H,1,4-11,30H2. The molecule has 0 atom stereocenters. The van der Waals surface area contributed by atoms with Crippen LogP contribution in [0, 0.1) is 0 Å². The van der Waals surface area contributed by atoms with E-state index in [2.05, 4.69) is 10.1 Å². The molecule has 2 aromatic heterocycles. The van der Waals surface area contributed by atoms with Crippen LogP contribution in [0.15, 0.2) is 47.6 Å². The number of carbonyl (C=O) groups excluding carboxylic acids is 1. The average molecular weight is 598 g/mol. The fraction of sp³-hybridized carbons (Fsp3) is 0.400. The average Bonchev–Trinajstić information content (AvgIpc) is 3.58. The lowest BCUT2D eigenvalue weighted by molar-refractivity contribution is -0.137. The number of anilines is 2. The maximum Gasteiger partial charge on any atom is 0.416 e. The van der Waals surface area contributed by atoms with Gasteiger partial charge in [0.2, 0.25) is 10.0 Å². The lowest BCUT2D eigenvalue weighted by Crippen LogP contribution is -2.49. The van der Waals surface area contributed by atoms with Gasteiger partial charge in [0.15, 0.2) is 0 Å². The summed E-state index contributed by atoms with van der Waals surface area (Å²) < 4.78 is 69.4. The maximum atomic E-state index is 13.4. The van der Waals surface area contributed by atoms with Crippen molar-refractivity contribution < 1.29 is 26.4 Å². The highest BCUT2D eigenvalue weighted by molar-refractivity contribution is 7.89. The van der Waals surface area contributed by atoms with Gasteiger partial charge >= 0.3 is 6.18 Å². The summed E-state index contributed by atoms with van der Waals surface area (Å²) in [6.07, 6.45) is -0.145. The van der Waals surface area contributed by atoms with Gasteiger partial charge in [-0.3, -0.25) is 9.48 Å². The zero-order chi connectivity index (χ0) is 28.7. The Hall–Kier alpha value is -3.20. The summed E-state index contributed by atoms with van der Waals surface area (Å²) in [7, 11) is -3.87. The molecule has 1 saturated heterocycles. The second-order valence-electron chi connectivity index (χ2n) is 9.56. The van der Waals surface area contributed by atoms with E-state index >= 15 is 0 Å². The Balaban J connectivity index is 1.27. The van der Waals surface area contributed by atoms with Gasteiger partial charge in [-0.05, 0) is 55.3 Å². The fourth-order valence-electron chi connectivity index (χ4n) is 4.87. The molecule has 40 heavy (non-hydrogen) atoms. The highest BCUT2D eigenvalue weighted by Crippen LogP contribution is 2.34. The molecule has 0 unspecified atom stereocenters. The Morgan fingerprint density at radius 2 is 1.82 bits per heavy atom. The molecule has 4 heterocycles. The Kier molecular flexibility index (Phi) is 7.79. The largest absolute Gasteiger partial charge is 0.416 e. The Labute approximate surface area is 234 Å². The number of benzene rings is 1. The molecule has 1 amide bonds. The zero-order valence-electron chi connectivity index (χ0n) is 21.3. The smallest absolute Gasteiger partial charge is 0.354 e. The highest BCUT2D eigenvalue weighted by Gasteiger charge is 2.34. The first-order valence-electron chi connectivity index (χ1n) is 12.6. The number of aryl methyl sites for hydroxylation is 1. The lowest BCUT2D eigenvalue weighted by atomic mass is 10.2. The van der Waals surface area contributed by atoms with Crippen molar-refractivity contribution in [3.05, 3.63) is 64.6 Å². The molecule has 2 aliphatic heterocycles. The summed E-state index contributed by atoms with van der Waals surface area (Å²) in [6.45, 7) is 1.97. The molecule has 10 nitrogen and oxygen atoms in total. The second-order valence-corrected chi connectivity index (χ2v) is 11.9. The first kappa shape index (κ1) is 28.3. The zero-order valence-corrected chi connectivity index (χ0v) is 22.9. The number of halogens is 4. The van der Waals surface area contributed by atoms with Crippen molar-refractivity contribution in [3.63, 3.8) is 0 Å². The molecule has 5 rings (SSSR count). The summed E-state index contributed by atoms with van der Waals surface area (Å²) in [5, 5.41) is 3.92. The van der Waals surface area contributed by atoms with Gasteiger partial charge in [0.05, 0.1) is 22.2 Å². The van der Waals surface area contributed by atoms with Crippen molar-refractivity contribution >= 4 is 39.0 Å². The quantitative estimate of drug-likeness (QED) is 0.416. The second kappa shape index (κ2) is 11.0. The van der Waals surface area contributed by atoms with Crippen LogP contribution in [0.3, 0.4) is 0 Å². The number of fused-ring (bicyclic) bond motifs is 1. The van der Waals surface area contributed by atoms with Crippen LogP contribution >= 0.6 is 11.6 Å². The number of amides is 1. The van der Waals surface area contributed by atoms with E-state index < -0.39 is 21.8 Å². The van der Waals surface area contributed by atoms with Crippen LogP contribution in [0.5, 0.6) is 0 Å². The Morgan fingerprint density at radius 1 is 1.07 bits per heavy atom. The molecule has 214 valence electrons. The van der Waals surface area contributed by atoms with Crippen LogP contribution in [0.2, 0.25) is 5.15 Å². The number of piperazine rings is 1. The number of sulfonamides is 1. The topological polar surface area (TPSA) is 118 Å². The molecule has 0 radical (unpaired) electrons. The van der Waals surface area contributed by atoms with Gasteiger partial charge in [-0.25, -0.2) is 13.4 Å². The third-order valence-electron chi connectivity index (χ3n) is 6.97. The monoisotopic (exact) mass is 597 g/mol. The normalized spacial score (nSPS) is 16.4. The molecular formula is C25H27ClF3N7O3S. The molecule has 1 aromatic carbocycles. The van der Waals surface area contributed by atoms with E-state index in [1.807, 2.05) is 0 Å². The molecule has 1 fully saturated rings. The van der Waals surface area contributed by atoms with Crippen LogP contribution in [0.4, 0.5) is 24.7 Å². The van der Waals surface area contributed by atoms with E-state index in [1.165, 1.54) is 16.6 Å². The Morgan fingerprint density at radius 3 is 2.52 bits per heavy atom. The number of pyridine rings is 1. The number of hydrogen-bond donors (Lipinski definition) is 1. The SMILES string of the molecule is NCCCn1cc(C(=O)N2CCc3cc(S(=O)(=O)N4CCN(c5cc(C(F)(F)F)cc(Cl)n5)CC4)ccc32)cn1. The number of aromatic nitrogens is 3. The number of nitrogens with zero attached hydrogens (tertiary/aromatic N) is 6. The van der Waals surface area contributed by atoms with Gasteiger partial charge in [-0.2, -0.15) is 22.6 Å². The summed E-state index contributed by atoms with van der Waals surface area (Å²) in [6, 6.07) is 6.37. The minimum Gasteiger partial charge on any atom is -0.354 e. The molecule has 3 aromatic rings. The number of hydrogen-bond acceptors (Lipinski definition) is 7. The number of alkyl halides is 3. The molecular weight excluding hydrogens is 571 g/mol. The number of rotatable bonds is 7. The molecule has 2 N–H and O–H groups in total. The molecule has 0 bridgehead atoms. The van der Waals surface area contributed by atoms with Gasteiger partial charge in [0, 0.05) is 51.2 Å². The highest BCUT2D eigenvalue weighted by atomic mass is 35.5. The molecule has 0 spiro atoms. The van der Waals surface area contributed by atoms with Gasteiger partial charge in [-0.15, -0.1) is 0 Å². The molecule has 0 saturated carbocycles. The van der Waals surface area contributed by atoms with Crippen LogP contribution in [-0.4, -0.2) is 72.7 Å². The van der Waals surface area contributed by atoms with E-state index in [9.17, 15) is 26.4 Å². The Bertz CT molecular complexity index is 1520. The number of nitrogens with two attached hydrogens (primary N) is 1. The van der Waals surface area contributed by atoms with Gasteiger partial charge in [0.1, 0.15) is 11.0 Å². The lowest BCUT2D eigenvalue weighted by Gasteiger charge is -2.35.